The highest BCUT2D eigenvalue weighted by Crippen LogP contribution is 2.34. The molecule has 32 heavy (non-hydrogen) atoms. The molecule has 1 aromatic carbocycles. The van der Waals surface area contributed by atoms with Gasteiger partial charge in [-0.05, 0) is 51.3 Å². The number of rotatable bonds is 9. The van der Waals surface area contributed by atoms with Crippen molar-refractivity contribution in [1.82, 2.24) is 4.31 Å². The average molecular weight is 479 g/mol. The lowest BCUT2D eigenvalue weighted by atomic mass is 10.1. The van der Waals surface area contributed by atoms with Gasteiger partial charge in [0.15, 0.2) is 11.6 Å². The molecule has 3 rings (SSSR count). The predicted molar refractivity (Wildman–Crippen MR) is 122 cm³/mol. The Bertz CT molecular complexity index is 1150. The van der Waals surface area contributed by atoms with Crippen molar-refractivity contribution in [1.29, 1.82) is 0 Å². The van der Waals surface area contributed by atoms with Gasteiger partial charge >= 0.3 is 5.97 Å². The van der Waals surface area contributed by atoms with Crippen molar-refractivity contribution in [2.75, 3.05) is 31.6 Å². The molecule has 8 nitrogen and oxygen atoms in total. The number of sulfonamides is 1. The number of carbonyl (C=O) groups excluding carboxylic acids is 3. The maximum Gasteiger partial charge on any atom is 0.341 e. The van der Waals surface area contributed by atoms with E-state index in [0.29, 0.717) is 28.5 Å². The maximum absolute atomic E-state index is 12.8. The third-order valence-electron chi connectivity index (χ3n) is 5.21. The third-order valence-corrected chi connectivity index (χ3v) is 8.46. The van der Waals surface area contributed by atoms with Crippen LogP contribution in [0.4, 0.5) is 5.00 Å². The van der Waals surface area contributed by atoms with Crippen LogP contribution in [0.2, 0.25) is 0 Å². The normalized spacial score (nSPS) is 14.3. The highest BCUT2D eigenvalue weighted by molar-refractivity contribution is 7.89. The van der Waals surface area contributed by atoms with Crippen LogP contribution in [0.25, 0.3) is 0 Å². The number of anilines is 1. The monoisotopic (exact) mass is 478 g/mol. The van der Waals surface area contributed by atoms with E-state index in [4.69, 9.17) is 4.74 Å². The molecule has 2 aromatic rings. The maximum atomic E-state index is 12.8. The van der Waals surface area contributed by atoms with Crippen molar-refractivity contribution in [2.24, 2.45) is 0 Å². The van der Waals surface area contributed by atoms with Gasteiger partial charge in [-0.25, -0.2) is 13.2 Å². The second kappa shape index (κ2) is 9.93. The van der Waals surface area contributed by atoms with Crippen LogP contribution in [0, 0.1) is 6.92 Å². The van der Waals surface area contributed by atoms with E-state index >= 15 is 0 Å². The number of ketones is 2. The number of ether oxygens (including phenoxy) is 1. The summed E-state index contributed by atoms with van der Waals surface area (Å²) in [5, 5.41) is 3.31. The summed E-state index contributed by atoms with van der Waals surface area (Å²) < 4.78 is 32.1. The fourth-order valence-electron chi connectivity index (χ4n) is 3.59. The minimum absolute atomic E-state index is 0.0864. The SMILES string of the molecule is CCOC(=O)c1c(NCC(=O)c2cccc(S(=O)(=O)N3CCCC3)c2)sc(C(C)=O)c1C. The molecular formula is C22H26N2O6S2. The van der Waals surface area contributed by atoms with Gasteiger partial charge in [0.1, 0.15) is 5.00 Å². The first kappa shape index (κ1) is 24.1. The van der Waals surface area contributed by atoms with E-state index in [1.54, 1.807) is 26.0 Å². The number of carbonyl (C=O) groups is 3. The molecule has 1 aromatic heterocycles. The first-order valence-electron chi connectivity index (χ1n) is 10.4. The molecule has 2 heterocycles. The zero-order valence-electron chi connectivity index (χ0n) is 18.3. The quantitative estimate of drug-likeness (QED) is 0.434. The highest BCUT2D eigenvalue weighted by atomic mass is 32.2. The largest absolute Gasteiger partial charge is 0.462 e. The number of nitrogens with one attached hydrogen (secondary N) is 1. The first-order valence-corrected chi connectivity index (χ1v) is 12.6. The molecule has 1 fully saturated rings. The van der Waals surface area contributed by atoms with Crippen molar-refractivity contribution in [2.45, 2.75) is 38.5 Å². The van der Waals surface area contributed by atoms with Gasteiger partial charge in [-0.3, -0.25) is 9.59 Å². The molecule has 0 spiro atoms. The molecule has 1 saturated heterocycles. The van der Waals surface area contributed by atoms with E-state index in [-0.39, 0.29) is 40.7 Å². The van der Waals surface area contributed by atoms with Crippen LogP contribution in [0.1, 0.15) is 62.6 Å². The van der Waals surface area contributed by atoms with Gasteiger partial charge in [-0.2, -0.15) is 4.31 Å². The number of thiophene rings is 1. The summed E-state index contributed by atoms with van der Waals surface area (Å²) >= 11 is 1.09. The predicted octanol–water partition coefficient (Wildman–Crippen LogP) is 3.52. The summed E-state index contributed by atoms with van der Waals surface area (Å²) in [6, 6.07) is 5.96. The Hall–Kier alpha value is -2.56. The molecule has 0 aliphatic carbocycles. The molecule has 0 amide bonds. The molecule has 0 saturated carbocycles. The Balaban J connectivity index is 1.81. The van der Waals surface area contributed by atoms with Gasteiger partial charge < -0.3 is 10.1 Å². The molecule has 172 valence electrons. The average Bonchev–Trinajstić information content (AvgIpc) is 3.41. The molecule has 0 unspecified atom stereocenters. The van der Waals surface area contributed by atoms with Gasteiger partial charge in [0.05, 0.1) is 28.5 Å². The lowest BCUT2D eigenvalue weighted by Gasteiger charge is -2.16. The van der Waals surface area contributed by atoms with Gasteiger partial charge in [0.25, 0.3) is 0 Å². The Morgan fingerprint density at radius 3 is 2.50 bits per heavy atom. The lowest BCUT2D eigenvalue weighted by Crippen LogP contribution is -2.28. The number of nitrogens with zero attached hydrogens (tertiary/aromatic N) is 1. The van der Waals surface area contributed by atoms with E-state index in [0.717, 1.165) is 24.2 Å². The van der Waals surface area contributed by atoms with Crippen molar-refractivity contribution in [3.8, 4) is 0 Å². The third kappa shape index (κ3) is 4.92. The Labute approximate surface area is 191 Å². The molecular weight excluding hydrogens is 452 g/mol. The number of esters is 1. The summed E-state index contributed by atoms with van der Waals surface area (Å²) in [7, 11) is -3.63. The smallest absolute Gasteiger partial charge is 0.341 e. The van der Waals surface area contributed by atoms with E-state index < -0.39 is 16.0 Å². The van der Waals surface area contributed by atoms with Gasteiger partial charge in [-0.1, -0.05) is 12.1 Å². The lowest BCUT2D eigenvalue weighted by molar-refractivity contribution is 0.0527. The number of hydrogen-bond donors (Lipinski definition) is 1. The first-order chi connectivity index (χ1) is 15.2. The van der Waals surface area contributed by atoms with Gasteiger partial charge in [-0.15, -0.1) is 11.3 Å². The van der Waals surface area contributed by atoms with Crippen LogP contribution in [0.15, 0.2) is 29.2 Å². The number of benzene rings is 1. The Morgan fingerprint density at radius 2 is 1.88 bits per heavy atom. The number of hydrogen-bond acceptors (Lipinski definition) is 8. The topological polar surface area (TPSA) is 110 Å². The van der Waals surface area contributed by atoms with E-state index in [2.05, 4.69) is 5.32 Å². The van der Waals surface area contributed by atoms with Crippen LogP contribution >= 0.6 is 11.3 Å². The Morgan fingerprint density at radius 1 is 1.19 bits per heavy atom. The minimum atomic E-state index is -3.63. The van der Waals surface area contributed by atoms with E-state index in [1.165, 1.54) is 23.4 Å². The van der Waals surface area contributed by atoms with Gasteiger partial charge in [0.2, 0.25) is 10.0 Å². The van der Waals surface area contributed by atoms with Crippen molar-refractivity contribution in [3.05, 3.63) is 45.8 Å². The van der Waals surface area contributed by atoms with Crippen LogP contribution < -0.4 is 5.32 Å². The zero-order valence-corrected chi connectivity index (χ0v) is 19.9. The second-order valence-corrected chi connectivity index (χ2v) is 10.4. The van der Waals surface area contributed by atoms with E-state index in [9.17, 15) is 22.8 Å². The summed E-state index contributed by atoms with van der Waals surface area (Å²) in [6.07, 6.45) is 1.65. The summed E-state index contributed by atoms with van der Waals surface area (Å²) in [4.78, 5) is 37.6. The highest BCUT2D eigenvalue weighted by Gasteiger charge is 2.28. The second-order valence-electron chi connectivity index (χ2n) is 7.45. The van der Waals surface area contributed by atoms with Crippen LogP contribution in [-0.2, 0) is 14.8 Å². The summed E-state index contributed by atoms with van der Waals surface area (Å²) in [6.45, 7) is 5.74. The zero-order chi connectivity index (χ0) is 23.5. The van der Waals surface area contributed by atoms with Crippen LogP contribution in [0.5, 0.6) is 0 Å². The molecule has 0 bridgehead atoms. The standard InChI is InChI=1S/C22H26N2O6S2/c1-4-30-22(27)19-14(2)20(15(3)25)31-21(19)23-13-18(26)16-8-7-9-17(12-16)32(28,29)24-10-5-6-11-24/h7-9,12,23H,4-6,10-11,13H2,1-3H3. The molecule has 0 atom stereocenters. The van der Waals surface area contributed by atoms with Crippen molar-refractivity contribution < 1.29 is 27.5 Å². The van der Waals surface area contributed by atoms with Crippen molar-refractivity contribution in [3.63, 3.8) is 0 Å². The van der Waals surface area contributed by atoms with E-state index in [1.807, 2.05) is 0 Å². The number of Topliss-reactive ketones (excluding diaryl/α,β-unsaturated/α-hetero) is 2. The summed E-state index contributed by atoms with van der Waals surface area (Å²) in [5.41, 5.74) is 0.991. The minimum Gasteiger partial charge on any atom is -0.462 e. The molecule has 1 N–H and O–H groups in total. The molecule has 0 radical (unpaired) electrons. The van der Waals surface area contributed by atoms with Gasteiger partial charge in [0, 0.05) is 18.7 Å². The molecule has 10 heteroatoms. The van der Waals surface area contributed by atoms with Crippen LogP contribution in [-0.4, -0.2) is 56.5 Å². The van der Waals surface area contributed by atoms with Crippen LogP contribution in [0.3, 0.4) is 0 Å². The Kier molecular flexibility index (Phi) is 7.47. The molecule has 1 aliphatic heterocycles. The molecule has 1 aliphatic rings. The fourth-order valence-corrected chi connectivity index (χ4v) is 6.24. The fraction of sp³-hybridized carbons (Fsp3) is 0.409. The van der Waals surface area contributed by atoms with Crippen molar-refractivity contribution >= 4 is 43.9 Å². The summed E-state index contributed by atoms with van der Waals surface area (Å²) in [5.74, 6) is -1.09.